The van der Waals surface area contributed by atoms with Gasteiger partial charge in [-0.2, -0.15) is 5.10 Å². The predicted molar refractivity (Wildman–Crippen MR) is 80.5 cm³/mol. The van der Waals surface area contributed by atoms with E-state index in [1.807, 2.05) is 11.6 Å². The molecule has 0 radical (unpaired) electrons. The fraction of sp³-hybridized carbons (Fsp3) is 0.267. The number of hydrogen-bond donors (Lipinski definition) is 1. The molecule has 0 amide bonds. The zero-order chi connectivity index (χ0) is 13.4. The lowest BCUT2D eigenvalue weighted by Gasteiger charge is -2.14. The second-order valence-electron chi connectivity index (χ2n) is 4.69. The van der Waals surface area contributed by atoms with Crippen LogP contribution in [0.25, 0.3) is 10.1 Å². The monoisotopic (exact) mass is 271 g/mol. The lowest BCUT2D eigenvalue weighted by Crippen LogP contribution is -2.17. The highest BCUT2D eigenvalue weighted by Gasteiger charge is 2.17. The van der Waals surface area contributed by atoms with Gasteiger partial charge in [-0.05, 0) is 42.3 Å². The van der Waals surface area contributed by atoms with Gasteiger partial charge in [-0.3, -0.25) is 4.68 Å². The third-order valence-corrected chi connectivity index (χ3v) is 4.38. The molecule has 0 fully saturated rings. The van der Waals surface area contributed by atoms with Crippen LogP contribution in [0.15, 0.2) is 35.7 Å². The van der Waals surface area contributed by atoms with Gasteiger partial charge < -0.3 is 5.73 Å². The Balaban J connectivity index is 2.12. The average molecular weight is 271 g/mol. The van der Waals surface area contributed by atoms with Crippen LogP contribution >= 0.6 is 11.3 Å². The Kier molecular flexibility index (Phi) is 3.12. The van der Waals surface area contributed by atoms with Crippen molar-refractivity contribution in [2.24, 2.45) is 5.73 Å². The summed E-state index contributed by atoms with van der Waals surface area (Å²) < 4.78 is 3.27. The molecule has 0 saturated carbocycles. The van der Waals surface area contributed by atoms with Crippen molar-refractivity contribution in [2.75, 3.05) is 0 Å². The van der Waals surface area contributed by atoms with Crippen molar-refractivity contribution >= 4 is 21.4 Å². The van der Waals surface area contributed by atoms with E-state index < -0.39 is 0 Å². The number of hydrogen-bond acceptors (Lipinski definition) is 3. The molecule has 1 aromatic carbocycles. The van der Waals surface area contributed by atoms with Gasteiger partial charge in [0.2, 0.25) is 0 Å². The molecule has 3 aromatic rings. The molecule has 2 N–H and O–H groups in total. The fourth-order valence-electron chi connectivity index (χ4n) is 2.49. The molecule has 0 aliphatic rings. The van der Waals surface area contributed by atoms with E-state index in [9.17, 15) is 0 Å². The van der Waals surface area contributed by atoms with E-state index in [2.05, 4.69) is 47.7 Å². The molecule has 0 aliphatic heterocycles. The maximum absolute atomic E-state index is 6.48. The number of benzene rings is 1. The van der Waals surface area contributed by atoms with Gasteiger partial charge in [-0.15, -0.1) is 11.3 Å². The molecule has 1 unspecified atom stereocenters. The highest BCUT2D eigenvalue weighted by molar-refractivity contribution is 7.17. The average Bonchev–Trinajstić information content (AvgIpc) is 3.03. The van der Waals surface area contributed by atoms with Crippen molar-refractivity contribution in [3.8, 4) is 0 Å². The van der Waals surface area contributed by atoms with Crippen LogP contribution in [0.4, 0.5) is 0 Å². The number of aromatic nitrogens is 2. The Labute approximate surface area is 116 Å². The lowest BCUT2D eigenvalue weighted by atomic mass is 10.0. The fourth-order valence-corrected chi connectivity index (χ4v) is 3.44. The lowest BCUT2D eigenvalue weighted by molar-refractivity contribution is 0.598. The van der Waals surface area contributed by atoms with Crippen molar-refractivity contribution in [2.45, 2.75) is 26.4 Å². The van der Waals surface area contributed by atoms with E-state index in [0.717, 1.165) is 17.9 Å². The van der Waals surface area contributed by atoms with Gasteiger partial charge in [-0.25, -0.2) is 0 Å². The van der Waals surface area contributed by atoms with E-state index in [0.29, 0.717) is 0 Å². The van der Waals surface area contributed by atoms with Crippen LogP contribution in [0, 0.1) is 6.92 Å². The molecule has 0 spiro atoms. The molecule has 19 heavy (non-hydrogen) atoms. The first-order valence-corrected chi connectivity index (χ1v) is 7.34. The van der Waals surface area contributed by atoms with Gasteiger partial charge in [0.05, 0.1) is 17.4 Å². The van der Waals surface area contributed by atoms with Crippen LogP contribution in [0.1, 0.15) is 29.9 Å². The van der Waals surface area contributed by atoms with E-state index in [4.69, 9.17) is 5.73 Å². The minimum atomic E-state index is -0.122. The molecule has 3 rings (SSSR count). The van der Waals surface area contributed by atoms with Crippen molar-refractivity contribution < 1.29 is 0 Å². The van der Waals surface area contributed by atoms with E-state index >= 15 is 0 Å². The predicted octanol–water partition coefficient (Wildman–Crippen LogP) is 3.47. The van der Waals surface area contributed by atoms with Crippen LogP contribution in [0.3, 0.4) is 0 Å². The van der Waals surface area contributed by atoms with E-state index in [1.54, 1.807) is 11.3 Å². The Hall–Kier alpha value is -1.65. The maximum atomic E-state index is 6.48. The van der Waals surface area contributed by atoms with Crippen LogP contribution in [-0.2, 0) is 6.54 Å². The van der Waals surface area contributed by atoms with E-state index in [1.165, 1.54) is 15.6 Å². The number of nitrogens with zero attached hydrogens (tertiary/aromatic N) is 2. The van der Waals surface area contributed by atoms with Crippen molar-refractivity contribution in [3.05, 3.63) is 52.7 Å². The Bertz CT molecular complexity index is 711. The van der Waals surface area contributed by atoms with Crippen LogP contribution in [0.2, 0.25) is 0 Å². The summed E-state index contributed by atoms with van der Waals surface area (Å²) in [6, 6.07) is 10.4. The molecule has 2 heterocycles. The molecule has 1 atom stereocenters. The SMILES string of the molecule is CCn1nc(C)cc1C(N)c1cccc2ccsc12. The molecular weight excluding hydrogens is 254 g/mol. The minimum absolute atomic E-state index is 0.122. The Morgan fingerprint density at radius 1 is 1.37 bits per heavy atom. The Morgan fingerprint density at radius 2 is 2.21 bits per heavy atom. The summed E-state index contributed by atoms with van der Waals surface area (Å²) in [4.78, 5) is 0. The smallest absolute Gasteiger partial charge is 0.0737 e. The second-order valence-corrected chi connectivity index (χ2v) is 5.61. The number of thiophene rings is 1. The zero-order valence-corrected chi connectivity index (χ0v) is 11.9. The number of nitrogens with two attached hydrogens (primary N) is 1. The maximum Gasteiger partial charge on any atom is 0.0737 e. The quantitative estimate of drug-likeness (QED) is 0.792. The highest BCUT2D eigenvalue weighted by atomic mass is 32.1. The molecule has 3 nitrogen and oxygen atoms in total. The first-order valence-electron chi connectivity index (χ1n) is 6.46. The topological polar surface area (TPSA) is 43.8 Å². The zero-order valence-electron chi connectivity index (χ0n) is 11.1. The van der Waals surface area contributed by atoms with Gasteiger partial charge in [0.1, 0.15) is 0 Å². The normalized spacial score (nSPS) is 13.0. The number of aryl methyl sites for hydroxylation is 2. The number of fused-ring (bicyclic) bond motifs is 1. The molecular formula is C15H17N3S. The van der Waals surface area contributed by atoms with Gasteiger partial charge in [-0.1, -0.05) is 18.2 Å². The van der Waals surface area contributed by atoms with Gasteiger partial charge in [0.15, 0.2) is 0 Å². The van der Waals surface area contributed by atoms with Crippen molar-refractivity contribution in [1.82, 2.24) is 9.78 Å². The van der Waals surface area contributed by atoms with Crippen molar-refractivity contribution in [1.29, 1.82) is 0 Å². The van der Waals surface area contributed by atoms with Crippen LogP contribution in [-0.4, -0.2) is 9.78 Å². The van der Waals surface area contributed by atoms with E-state index in [-0.39, 0.29) is 6.04 Å². The standard InChI is InChI=1S/C15H17N3S/c1-3-18-13(9-10(2)17-18)14(16)12-6-4-5-11-7-8-19-15(11)12/h4-9,14H,3,16H2,1-2H3. The molecule has 98 valence electrons. The van der Waals surface area contributed by atoms with Crippen LogP contribution < -0.4 is 5.73 Å². The summed E-state index contributed by atoms with van der Waals surface area (Å²) >= 11 is 1.75. The van der Waals surface area contributed by atoms with Gasteiger partial charge >= 0.3 is 0 Å². The summed E-state index contributed by atoms with van der Waals surface area (Å²) in [6.07, 6.45) is 0. The minimum Gasteiger partial charge on any atom is -0.319 e. The first kappa shape index (κ1) is 12.4. The van der Waals surface area contributed by atoms with Gasteiger partial charge in [0.25, 0.3) is 0 Å². The third-order valence-electron chi connectivity index (χ3n) is 3.40. The molecule has 0 saturated heterocycles. The molecule has 0 aliphatic carbocycles. The number of rotatable bonds is 3. The van der Waals surface area contributed by atoms with Crippen LogP contribution in [0.5, 0.6) is 0 Å². The van der Waals surface area contributed by atoms with Crippen molar-refractivity contribution in [3.63, 3.8) is 0 Å². The second kappa shape index (κ2) is 4.79. The first-order chi connectivity index (χ1) is 9.20. The Morgan fingerprint density at radius 3 is 3.00 bits per heavy atom. The summed E-state index contributed by atoms with van der Waals surface area (Å²) in [6.45, 7) is 4.94. The molecule has 2 aromatic heterocycles. The van der Waals surface area contributed by atoms with Gasteiger partial charge in [0, 0.05) is 11.2 Å². The summed E-state index contributed by atoms with van der Waals surface area (Å²) in [5.41, 5.74) is 9.76. The third kappa shape index (κ3) is 2.07. The summed E-state index contributed by atoms with van der Waals surface area (Å²) in [5.74, 6) is 0. The highest BCUT2D eigenvalue weighted by Crippen LogP contribution is 2.31. The largest absolute Gasteiger partial charge is 0.319 e. The molecule has 4 heteroatoms. The summed E-state index contributed by atoms with van der Waals surface area (Å²) in [7, 11) is 0. The summed E-state index contributed by atoms with van der Waals surface area (Å²) in [5, 5.41) is 7.86. The molecule has 0 bridgehead atoms.